The molecule has 0 radical (unpaired) electrons. The molecule has 0 aliphatic carbocycles. The molecule has 0 aromatic heterocycles. The summed E-state index contributed by atoms with van der Waals surface area (Å²) in [5, 5.41) is 7.30. The van der Waals surface area contributed by atoms with E-state index in [9.17, 15) is 0 Å². The molecule has 1 heterocycles. The summed E-state index contributed by atoms with van der Waals surface area (Å²) in [5.41, 5.74) is 6.13. The van der Waals surface area contributed by atoms with E-state index in [4.69, 9.17) is 17.0 Å². The maximum Gasteiger partial charge on any atom is 0.171 e. The van der Waals surface area contributed by atoms with Crippen molar-refractivity contribution in [3.8, 4) is 0 Å². The van der Waals surface area contributed by atoms with Crippen LogP contribution >= 0.6 is 12.2 Å². The van der Waals surface area contributed by atoms with Crippen molar-refractivity contribution in [2.24, 2.45) is 0 Å². The van der Waals surface area contributed by atoms with Gasteiger partial charge in [-0.15, -0.1) is 0 Å². The molecular weight excluding hydrogens is 342 g/mol. The summed E-state index contributed by atoms with van der Waals surface area (Å²) in [6, 6.07) is 14.9. The lowest BCUT2D eigenvalue weighted by atomic mass is 10.1. The van der Waals surface area contributed by atoms with E-state index in [1.54, 1.807) is 0 Å². The molecular formula is C21H27N3OS. The minimum Gasteiger partial charge on any atom is -0.379 e. The van der Waals surface area contributed by atoms with Gasteiger partial charge in [0.1, 0.15) is 0 Å². The van der Waals surface area contributed by atoms with Gasteiger partial charge in [-0.05, 0) is 48.8 Å². The number of thiocarbonyl (C=S) groups is 1. The predicted octanol–water partition coefficient (Wildman–Crippen LogP) is 3.62. The number of benzene rings is 2. The molecule has 138 valence electrons. The Bertz CT molecular complexity index is 757. The third kappa shape index (κ3) is 5.27. The van der Waals surface area contributed by atoms with Crippen LogP contribution in [-0.2, 0) is 17.8 Å². The molecule has 2 N–H and O–H groups in total. The van der Waals surface area contributed by atoms with Gasteiger partial charge in [-0.2, -0.15) is 0 Å². The van der Waals surface area contributed by atoms with Crippen molar-refractivity contribution in [1.82, 2.24) is 10.2 Å². The highest BCUT2D eigenvalue weighted by atomic mass is 32.1. The molecule has 5 heteroatoms. The maximum absolute atomic E-state index is 5.48. The van der Waals surface area contributed by atoms with Crippen molar-refractivity contribution in [3.05, 3.63) is 64.7 Å². The number of anilines is 1. The van der Waals surface area contributed by atoms with E-state index in [2.05, 4.69) is 71.8 Å². The highest BCUT2D eigenvalue weighted by Crippen LogP contribution is 2.16. The molecule has 0 spiro atoms. The van der Waals surface area contributed by atoms with Gasteiger partial charge >= 0.3 is 0 Å². The van der Waals surface area contributed by atoms with E-state index in [0.29, 0.717) is 5.11 Å². The average molecular weight is 370 g/mol. The highest BCUT2D eigenvalue weighted by molar-refractivity contribution is 7.80. The van der Waals surface area contributed by atoms with Gasteiger partial charge in [-0.3, -0.25) is 4.90 Å². The van der Waals surface area contributed by atoms with E-state index < -0.39 is 0 Å². The lowest BCUT2D eigenvalue weighted by molar-refractivity contribution is 0.0341. The van der Waals surface area contributed by atoms with Crippen LogP contribution in [0.2, 0.25) is 0 Å². The van der Waals surface area contributed by atoms with Crippen LogP contribution in [0.4, 0.5) is 5.69 Å². The molecule has 0 amide bonds. The largest absolute Gasteiger partial charge is 0.379 e. The van der Waals surface area contributed by atoms with Crippen molar-refractivity contribution in [1.29, 1.82) is 0 Å². The Morgan fingerprint density at radius 1 is 1.08 bits per heavy atom. The zero-order chi connectivity index (χ0) is 18.4. The number of hydrogen-bond acceptors (Lipinski definition) is 3. The fourth-order valence-corrected chi connectivity index (χ4v) is 3.36. The Hall–Kier alpha value is -1.95. The predicted molar refractivity (Wildman–Crippen MR) is 112 cm³/mol. The Kier molecular flexibility index (Phi) is 6.61. The minimum atomic E-state index is 0.651. The maximum atomic E-state index is 5.48. The van der Waals surface area contributed by atoms with Gasteiger partial charge < -0.3 is 15.4 Å². The Morgan fingerprint density at radius 3 is 2.54 bits per heavy atom. The summed E-state index contributed by atoms with van der Waals surface area (Å²) in [7, 11) is 0. The van der Waals surface area contributed by atoms with Crippen LogP contribution in [0.1, 0.15) is 22.3 Å². The summed E-state index contributed by atoms with van der Waals surface area (Å²) in [6.45, 7) is 9.50. The number of rotatable bonds is 5. The van der Waals surface area contributed by atoms with Crippen LogP contribution < -0.4 is 10.6 Å². The van der Waals surface area contributed by atoms with E-state index in [1.165, 1.54) is 22.3 Å². The lowest BCUT2D eigenvalue weighted by Gasteiger charge is -2.27. The van der Waals surface area contributed by atoms with E-state index >= 15 is 0 Å². The molecule has 0 unspecified atom stereocenters. The first-order valence-corrected chi connectivity index (χ1v) is 9.51. The van der Waals surface area contributed by atoms with Crippen LogP contribution in [0.15, 0.2) is 42.5 Å². The molecule has 3 rings (SSSR count). The second kappa shape index (κ2) is 9.12. The summed E-state index contributed by atoms with van der Waals surface area (Å²) >= 11 is 5.48. The van der Waals surface area contributed by atoms with Crippen LogP contribution in [0.5, 0.6) is 0 Å². The molecule has 1 saturated heterocycles. The van der Waals surface area contributed by atoms with Crippen molar-refractivity contribution in [3.63, 3.8) is 0 Å². The molecule has 0 saturated carbocycles. The Balaban J connectivity index is 1.57. The average Bonchev–Trinajstić information content (AvgIpc) is 2.64. The summed E-state index contributed by atoms with van der Waals surface area (Å²) < 4.78 is 5.44. The zero-order valence-electron chi connectivity index (χ0n) is 15.5. The second-order valence-corrected chi connectivity index (χ2v) is 7.19. The van der Waals surface area contributed by atoms with Crippen LogP contribution in [0.25, 0.3) is 0 Å². The van der Waals surface area contributed by atoms with Gasteiger partial charge in [-0.25, -0.2) is 0 Å². The molecule has 1 aliphatic rings. The molecule has 1 aliphatic heterocycles. The normalized spacial score (nSPS) is 14.8. The third-order valence-corrected chi connectivity index (χ3v) is 4.93. The molecule has 26 heavy (non-hydrogen) atoms. The van der Waals surface area contributed by atoms with Crippen molar-refractivity contribution in [2.75, 3.05) is 31.6 Å². The van der Waals surface area contributed by atoms with Crippen molar-refractivity contribution < 1.29 is 4.74 Å². The van der Waals surface area contributed by atoms with Crippen molar-refractivity contribution >= 4 is 23.0 Å². The number of ether oxygens (including phenoxy) is 1. The van der Waals surface area contributed by atoms with Crippen LogP contribution in [0, 0.1) is 13.8 Å². The van der Waals surface area contributed by atoms with Gasteiger partial charge in [0.25, 0.3) is 0 Å². The minimum absolute atomic E-state index is 0.651. The third-order valence-electron chi connectivity index (χ3n) is 4.69. The fourth-order valence-electron chi connectivity index (χ4n) is 3.18. The van der Waals surface area contributed by atoms with Gasteiger partial charge in [-0.1, -0.05) is 42.0 Å². The molecule has 0 atom stereocenters. The first-order chi connectivity index (χ1) is 12.6. The van der Waals surface area contributed by atoms with Crippen LogP contribution in [0.3, 0.4) is 0 Å². The monoisotopic (exact) mass is 369 g/mol. The number of nitrogens with one attached hydrogen (secondary N) is 2. The Morgan fingerprint density at radius 2 is 1.81 bits per heavy atom. The number of hydrogen-bond donors (Lipinski definition) is 2. The second-order valence-electron chi connectivity index (χ2n) is 6.78. The van der Waals surface area contributed by atoms with E-state index in [1.807, 2.05) is 0 Å². The van der Waals surface area contributed by atoms with E-state index in [-0.39, 0.29) is 0 Å². The number of nitrogens with zero attached hydrogens (tertiary/aromatic N) is 1. The van der Waals surface area contributed by atoms with Gasteiger partial charge in [0.05, 0.1) is 13.2 Å². The number of aryl methyl sites for hydroxylation is 2. The summed E-state index contributed by atoms with van der Waals surface area (Å²) in [6.07, 6.45) is 0. The topological polar surface area (TPSA) is 36.5 Å². The Labute approximate surface area is 161 Å². The molecule has 2 aromatic carbocycles. The molecule has 2 aromatic rings. The lowest BCUT2D eigenvalue weighted by Crippen LogP contribution is -2.36. The molecule has 4 nitrogen and oxygen atoms in total. The highest BCUT2D eigenvalue weighted by Gasteiger charge is 2.12. The zero-order valence-corrected chi connectivity index (χ0v) is 16.4. The first kappa shape index (κ1) is 18.8. The van der Waals surface area contributed by atoms with Gasteiger partial charge in [0.15, 0.2) is 5.11 Å². The first-order valence-electron chi connectivity index (χ1n) is 9.11. The van der Waals surface area contributed by atoms with Crippen molar-refractivity contribution in [2.45, 2.75) is 26.9 Å². The molecule has 1 fully saturated rings. The SMILES string of the molecule is Cc1ccc(NC(=S)NCc2ccccc2CN2CCOCC2)c(C)c1. The quantitative estimate of drug-likeness (QED) is 0.787. The van der Waals surface area contributed by atoms with E-state index in [0.717, 1.165) is 45.1 Å². The smallest absolute Gasteiger partial charge is 0.171 e. The fraction of sp³-hybridized carbons (Fsp3) is 0.381. The van der Waals surface area contributed by atoms with Crippen LogP contribution in [-0.4, -0.2) is 36.3 Å². The molecule has 0 bridgehead atoms. The van der Waals surface area contributed by atoms with Gasteiger partial charge in [0.2, 0.25) is 0 Å². The number of morpholine rings is 1. The summed E-state index contributed by atoms with van der Waals surface area (Å²) in [5.74, 6) is 0. The van der Waals surface area contributed by atoms with Gasteiger partial charge in [0, 0.05) is 31.9 Å². The standard InChI is InChI=1S/C21H27N3OS/c1-16-7-8-20(17(2)13-16)23-21(26)22-14-18-5-3-4-6-19(18)15-24-9-11-25-12-10-24/h3-8,13H,9-12,14-15H2,1-2H3,(H2,22,23,26). The summed E-state index contributed by atoms with van der Waals surface area (Å²) in [4.78, 5) is 2.44.